The number of rotatable bonds is 0. The van der Waals surface area contributed by atoms with E-state index in [4.69, 9.17) is 11.6 Å². The lowest BCUT2D eigenvalue weighted by Gasteiger charge is -1.92. The van der Waals surface area contributed by atoms with Crippen LogP contribution in [0, 0.1) is 11.6 Å². The molecule has 0 aromatic carbocycles. The van der Waals surface area contributed by atoms with Gasteiger partial charge >= 0.3 is 0 Å². The van der Waals surface area contributed by atoms with Crippen LogP contribution in [0.15, 0.2) is 24.3 Å². The largest absolute Gasteiger partial charge is 0.201 e. The Kier molecular flexibility index (Phi) is 1.53. The summed E-state index contributed by atoms with van der Waals surface area (Å²) in [6.07, 6.45) is 9.20. The van der Waals surface area contributed by atoms with Gasteiger partial charge in [-0.2, -0.15) is 0 Å². The van der Waals surface area contributed by atoms with Gasteiger partial charge in [-0.05, 0) is 6.08 Å². The molecule has 1 rings (SSSR count). The highest BCUT2D eigenvalue weighted by atomic mass is 35.5. The topological polar surface area (TPSA) is 0 Å². The third kappa shape index (κ3) is 1.36. The van der Waals surface area contributed by atoms with Crippen molar-refractivity contribution in [3.8, 4) is 0 Å². The van der Waals surface area contributed by atoms with Gasteiger partial charge < -0.3 is 0 Å². The Hall–Kier alpha value is -0.230. The average molecular weight is 116 g/mol. The smallest absolute Gasteiger partial charge is 0.0785 e. The Balaban J connectivity index is 2.49. The maximum Gasteiger partial charge on any atom is 0.201 e. The van der Waals surface area contributed by atoms with Gasteiger partial charge in [-0.25, -0.2) is 0 Å². The molecule has 38 valence electrons. The zero-order valence-corrected chi connectivity index (χ0v) is 4.82. The van der Waals surface area contributed by atoms with Crippen molar-refractivity contribution in [1.29, 1.82) is 0 Å². The first kappa shape index (κ1) is 4.92. The lowest BCUT2D eigenvalue weighted by Crippen LogP contribution is -1.97. The fourth-order valence-electron chi connectivity index (χ4n) is 0.558. The van der Waals surface area contributed by atoms with Gasteiger partial charge in [0.1, 0.15) is 11.6 Å². The molecule has 0 aliphatic heterocycles. The van der Waals surface area contributed by atoms with Gasteiger partial charge in [0.15, 0.2) is 0 Å². The van der Waals surface area contributed by atoms with Crippen LogP contribution in [0.25, 0.3) is 0 Å². The Labute approximate surface area is 48.5 Å². The van der Waals surface area contributed by atoms with E-state index in [9.17, 15) is 0 Å². The fourth-order valence-corrected chi connectivity index (χ4v) is 0.760. The van der Waals surface area contributed by atoms with Crippen LogP contribution in [-0.4, -0.2) is 5.38 Å². The van der Waals surface area contributed by atoms with Crippen molar-refractivity contribution in [1.82, 2.24) is 0 Å². The zero-order valence-electron chi connectivity index (χ0n) is 4.00. The summed E-state index contributed by atoms with van der Waals surface area (Å²) in [7, 11) is 0. The maximum absolute atomic E-state index is 4.95. The Morgan fingerprint density at radius 2 is 2.29 bits per heavy atom. The van der Waals surface area contributed by atoms with E-state index in [0.717, 1.165) is 6.42 Å². The third-order valence-corrected chi connectivity index (χ3v) is 1.29. The van der Waals surface area contributed by atoms with Gasteiger partial charge in [0.05, 0.1) is 0 Å². The Morgan fingerprint density at radius 3 is 2.57 bits per heavy atom. The molecule has 0 aromatic rings. The molecule has 0 spiro atoms. The highest BCUT2D eigenvalue weighted by Crippen LogP contribution is 2.01. The molecule has 1 aliphatic rings. The van der Waals surface area contributed by atoms with E-state index in [1.165, 1.54) is 0 Å². The SMILES string of the molecule is [ClH+]C1C=CC=CC1. The summed E-state index contributed by atoms with van der Waals surface area (Å²) in [5, 5.41) is 0.352. The quantitative estimate of drug-likeness (QED) is 0.416. The number of alkyl halides is 1. The van der Waals surface area contributed by atoms with Crippen LogP contribution in [0.2, 0.25) is 0 Å². The highest BCUT2D eigenvalue weighted by molar-refractivity contribution is 5.10. The molecular weight excluding hydrogens is 108 g/mol. The third-order valence-electron chi connectivity index (χ3n) is 0.941. The van der Waals surface area contributed by atoms with Gasteiger partial charge in [-0.1, -0.05) is 18.2 Å². The molecule has 0 N–H and O–H groups in total. The average Bonchev–Trinajstić information content (AvgIpc) is 1.69. The lowest BCUT2D eigenvalue weighted by atomic mass is 10.2. The first-order chi connectivity index (χ1) is 3.39. The number of allylic oxidation sites excluding steroid dienone is 4. The first-order valence-corrected chi connectivity index (χ1v) is 2.86. The molecule has 0 saturated carbocycles. The molecule has 1 unspecified atom stereocenters. The van der Waals surface area contributed by atoms with E-state index in [1.807, 2.05) is 18.2 Å². The molecule has 1 aliphatic carbocycles. The van der Waals surface area contributed by atoms with Crippen LogP contribution in [0.1, 0.15) is 6.42 Å². The second kappa shape index (κ2) is 2.17. The van der Waals surface area contributed by atoms with Crippen molar-refractivity contribution in [2.75, 3.05) is 0 Å². The van der Waals surface area contributed by atoms with E-state index < -0.39 is 0 Å². The van der Waals surface area contributed by atoms with Crippen LogP contribution >= 0.6 is 0 Å². The predicted octanol–water partition coefficient (Wildman–Crippen LogP) is 1.15. The molecule has 1 atom stereocenters. The minimum Gasteiger partial charge on any atom is -0.0785 e. The molecule has 0 nitrogen and oxygen atoms in total. The molecular formula is C6H8Cl+. The van der Waals surface area contributed by atoms with Crippen LogP contribution in [0.5, 0.6) is 0 Å². The summed E-state index contributed by atoms with van der Waals surface area (Å²) in [5.41, 5.74) is 0. The van der Waals surface area contributed by atoms with Gasteiger partial charge in [0.2, 0.25) is 5.38 Å². The second-order valence-corrected chi connectivity index (χ2v) is 2.19. The van der Waals surface area contributed by atoms with E-state index in [0.29, 0.717) is 5.38 Å². The summed E-state index contributed by atoms with van der Waals surface area (Å²) in [5.74, 6) is 0. The van der Waals surface area contributed by atoms with Crippen LogP contribution < -0.4 is 0 Å². The minimum absolute atomic E-state index is 0.352. The van der Waals surface area contributed by atoms with Crippen LogP contribution in [-0.2, 0) is 0 Å². The van der Waals surface area contributed by atoms with Crippen LogP contribution in [0.4, 0.5) is 0 Å². The van der Waals surface area contributed by atoms with E-state index >= 15 is 0 Å². The van der Waals surface area contributed by atoms with E-state index in [-0.39, 0.29) is 0 Å². The predicted molar refractivity (Wildman–Crippen MR) is 28.1 cm³/mol. The first-order valence-electron chi connectivity index (χ1n) is 2.39. The summed E-state index contributed by atoms with van der Waals surface area (Å²) in [6, 6.07) is 0. The highest BCUT2D eigenvalue weighted by Gasteiger charge is 2.05. The fraction of sp³-hybridized carbons (Fsp3) is 0.333. The number of halogens is 1. The van der Waals surface area contributed by atoms with Crippen molar-refractivity contribution in [3.63, 3.8) is 0 Å². The number of hydrogen-bond acceptors (Lipinski definition) is 0. The standard InChI is InChI=1S/C6H8Cl/c7-6-4-2-1-3-5-6/h1-4,6-7H,5H2/q+1. The monoisotopic (exact) mass is 115 g/mol. The van der Waals surface area contributed by atoms with Crippen molar-refractivity contribution in [2.45, 2.75) is 11.8 Å². The van der Waals surface area contributed by atoms with E-state index in [2.05, 4.69) is 6.08 Å². The normalized spacial score (nSPS) is 28.4. The Morgan fingerprint density at radius 1 is 1.43 bits per heavy atom. The minimum atomic E-state index is 0.352. The van der Waals surface area contributed by atoms with Crippen molar-refractivity contribution >= 4 is 0 Å². The molecule has 0 saturated heterocycles. The summed E-state index contributed by atoms with van der Waals surface area (Å²) in [6.45, 7) is 0. The van der Waals surface area contributed by atoms with Gasteiger partial charge in [0.25, 0.3) is 0 Å². The van der Waals surface area contributed by atoms with Crippen molar-refractivity contribution in [2.24, 2.45) is 0 Å². The van der Waals surface area contributed by atoms with E-state index in [1.54, 1.807) is 0 Å². The Bertz CT molecular complexity index is 103. The molecule has 0 radical (unpaired) electrons. The molecule has 0 aromatic heterocycles. The van der Waals surface area contributed by atoms with Gasteiger partial charge in [0, 0.05) is 6.42 Å². The second-order valence-electron chi connectivity index (χ2n) is 1.59. The zero-order chi connectivity index (χ0) is 5.11. The molecule has 0 heterocycles. The summed E-state index contributed by atoms with van der Waals surface area (Å²) >= 11 is 4.95. The lowest BCUT2D eigenvalue weighted by molar-refractivity contribution is -0.402. The molecule has 0 fully saturated rings. The summed E-state index contributed by atoms with van der Waals surface area (Å²) in [4.78, 5) is 0. The number of hydrogen-bond donors (Lipinski definition) is 0. The molecule has 0 amide bonds. The van der Waals surface area contributed by atoms with Crippen molar-refractivity contribution in [3.05, 3.63) is 24.3 Å². The molecule has 7 heavy (non-hydrogen) atoms. The molecule has 0 bridgehead atoms. The van der Waals surface area contributed by atoms with Crippen molar-refractivity contribution < 1.29 is 11.6 Å². The summed E-state index contributed by atoms with van der Waals surface area (Å²) < 4.78 is 0. The van der Waals surface area contributed by atoms with Gasteiger partial charge in [-0.15, -0.1) is 0 Å². The van der Waals surface area contributed by atoms with Crippen LogP contribution in [0.3, 0.4) is 0 Å². The molecule has 1 heteroatoms. The maximum atomic E-state index is 4.95. The van der Waals surface area contributed by atoms with Gasteiger partial charge in [-0.3, -0.25) is 0 Å².